The van der Waals surface area contributed by atoms with Crippen molar-refractivity contribution in [1.29, 1.82) is 0 Å². The minimum absolute atomic E-state index is 0.0321. The highest BCUT2D eigenvalue weighted by Crippen LogP contribution is 2.38. The summed E-state index contributed by atoms with van der Waals surface area (Å²) in [4.78, 5) is 16.7. The Kier molecular flexibility index (Phi) is 7.51. The third-order valence-electron chi connectivity index (χ3n) is 6.88. The first-order valence-corrected chi connectivity index (χ1v) is 12.0. The number of carbonyl (C=O) groups excluding carboxylic acids is 1. The summed E-state index contributed by atoms with van der Waals surface area (Å²) in [6.45, 7) is 18.6. The Balaban J connectivity index is 1.76. The SMILES string of the molecule is COc1cc(B2OC(C)(C)C(C)(C)O2)cc(OC)c1CN1CCN(C(=O)OC(C)(C)C)C(C)C1. The highest BCUT2D eigenvalue weighted by molar-refractivity contribution is 6.62. The summed E-state index contributed by atoms with van der Waals surface area (Å²) in [5.74, 6) is 1.46. The average molecular weight is 476 g/mol. The molecule has 2 heterocycles. The predicted molar refractivity (Wildman–Crippen MR) is 133 cm³/mol. The Labute approximate surface area is 204 Å². The van der Waals surface area contributed by atoms with Crippen LogP contribution in [0.15, 0.2) is 12.1 Å². The Hall–Kier alpha value is -1.97. The summed E-state index contributed by atoms with van der Waals surface area (Å²) in [6, 6.07) is 3.98. The molecule has 1 unspecified atom stereocenters. The summed E-state index contributed by atoms with van der Waals surface area (Å²) in [5, 5.41) is 0. The first-order valence-electron chi connectivity index (χ1n) is 12.0. The molecule has 0 saturated carbocycles. The normalized spacial score (nSPS) is 22.6. The fourth-order valence-electron chi connectivity index (χ4n) is 4.27. The van der Waals surface area contributed by atoms with E-state index in [0.29, 0.717) is 13.1 Å². The molecule has 190 valence electrons. The zero-order chi connectivity index (χ0) is 25.5. The second kappa shape index (κ2) is 9.59. The maximum absolute atomic E-state index is 12.6. The van der Waals surface area contributed by atoms with Crippen LogP contribution in [0, 0.1) is 0 Å². The number of piperazine rings is 1. The van der Waals surface area contributed by atoms with E-state index in [2.05, 4.69) is 4.90 Å². The fraction of sp³-hybridized carbons (Fsp3) is 0.720. The molecule has 9 heteroatoms. The Bertz CT molecular complexity index is 857. The van der Waals surface area contributed by atoms with Gasteiger partial charge >= 0.3 is 13.2 Å². The van der Waals surface area contributed by atoms with E-state index >= 15 is 0 Å². The van der Waals surface area contributed by atoms with Crippen LogP contribution in [0.2, 0.25) is 0 Å². The monoisotopic (exact) mass is 476 g/mol. The lowest BCUT2D eigenvalue weighted by Gasteiger charge is -2.40. The van der Waals surface area contributed by atoms with Gasteiger partial charge in [-0.25, -0.2) is 4.79 Å². The minimum atomic E-state index is -0.506. The van der Waals surface area contributed by atoms with Crippen LogP contribution in [0.25, 0.3) is 0 Å². The molecule has 1 atom stereocenters. The smallest absolute Gasteiger partial charge is 0.495 e. The van der Waals surface area contributed by atoms with Gasteiger partial charge in [0.2, 0.25) is 0 Å². The number of hydrogen-bond donors (Lipinski definition) is 0. The van der Waals surface area contributed by atoms with Crippen molar-refractivity contribution in [3.05, 3.63) is 17.7 Å². The van der Waals surface area contributed by atoms with Gasteiger partial charge in [0.1, 0.15) is 17.1 Å². The Morgan fingerprint density at radius 1 is 1.06 bits per heavy atom. The van der Waals surface area contributed by atoms with Crippen molar-refractivity contribution in [3.63, 3.8) is 0 Å². The van der Waals surface area contributed by atoms with Crippen LogP contribution in [0.5, 0.6) is 11.5 Å². The first kappa shape index (κ1) is 26.6. The van der Waals surface area contributed by atoms with Gasteiger partial charge in [-0.1, -0.05) is 0 Å². The molecule has 0 spiro atoms. The number of ether oxygens (including phenoxy) is 3. The van der Waals surface area contributed by atoms with Gasteiger partial charge in [-0.2, -0.15) is 0 Å². The predicted octanol–water partition coefficient (Wildman–Crippen LogP) is 3.44. The summed E-state index contributed by atoms with van der Waals surface area (Å²) in [6.07, 6.45) is -0.262. The number of hydrogen-bond acceptors (Lipinski definition) is 7. The maximum Gasteiger partial charge on any atom is 0.495 e. The largest absolute Gasteiger partial charge is 0.496 e. The van der Waals surface area contributed by atoms with Gasteiger partial charge in [-0.3, -0.25) is 4.90 Å². The zero-order valence-corrected chi connectivity index (χ0v) is 22.5. The number of amides is 1. The number of nitrogens with zero attached hydrogens (tertiary/aromatic N) is 2. The van der Waals surface area contributed by atoms with Gasteiger partial charge < -0.3 is 28.4 Å². The molecule has 0 N–H and O–H groups in total. The van der Waals surface area contributed by atoms with Crippen LogP contribution in [0.4, 0.5) is 4.79 Å². The molecule has 2 fully saturated rings. The summed E-state index contributed by atoms with van der Waals surface area (Å²) >= 11 is 0. The summed E-state index contributed by atoms with van der Waals surface area (Å²) in [7, 11) is 2.82. The molecule has 34 heavy (non-hydrogen) atoms. The standard InChI is InChI=1S/C25H41BN2O6/c1-17-15-27(11-12-28(17)22(29)32-23(2,3)4)16-19-20(30-9)13-18(14-21(19)31-10)26-33-24(5,6)25(7,8)34-26/h13-14,17H,11-12,15-16H2,1-10H3. The van der Waals surface area contributed by atoms with E-state index in [9.17, 15) is 4.79 Å². The molecule has 1 aromatic carbocycles. The molecule has 0 aliphatic carbocycles. The van der Waals surface area contributed by atoms with Crippen LogP contribution in [-0.4, -0.2) is 79.7 Å². The van der Waals surface area contributed by atoms with Crippen molar-refractivity contribution in [2.24, 2.45) is 0 Å². The maximum atomic E-state index is 12.6. The van der Waals surface area contributed by atoms with Crippen LogP contribution in [0.1, 0.15) is 61.0 Å². The van der Waals surface area contributed by atoms with Crippen molar-refractivity contribution >= 4 is 18.7 Å². The molecule has 8 nitrogen and oxygen atoms in total. The lowest BCUT2D eigenvalue weighted by molar-refractivity contribution is 0.000396. The lowest BCUT2D eigenvalue weighted by Crippen LogP contribution is -2.54. The number of methoxy groups -OCH3 is 2. The van der Waals surface area contributed by atoms with Crippen molar-refractivity contribution < 1.29 is 28.3 Å². The quantitative estimate of drug-likeness (QED) is 0.603. The molecule has 2 aliphatic rings. The lowest BCUT2D eigenvalue weighted by atomic mass is 9.78. The van der Waals surface area contributed by atoms with E-state index in [1.807, 2.05) is 67.5 Å². The van der Waals surface area contributed by atoms with Crippen molar-refractivity contribution in [2.75, 3.05) is 33.9 Å². The van der Waals surface area contributed by atoms with Gasteiger partial charge in [0.05, 0.1) is 31.0 Å². The summed E-state index contributed by atoms with van der Waals surface area (Å²) in [5.41, 5.74) is 0.456. The topological polar surface area (TPSA) is 69.7 Å². The molecule has 1 amide bonds. The second-order valence-electron chi connectivity index (χ2n) is 11.3. The third kappa shape index (κ3) is 5.63. The first-order chi connectivity index (χ1) is 15.7. The van der Waals surface area contributed by atoms with E-state index in [1.165, 1.54) is 0 Å². The Morgan fingerprint density at radius 2 is 1.59 bits per heavy atom. The second-order valence-corrected chi connectivity index (χ2v) is 11.3. The minimum Gasteiger partial charge on any atom is -0.496 e. The van der Waals surface area contributed by atoms with Gasteiger partial charge in [0.15, 0.2) is 0 Å². The highest BCUT2D eigenvalue weighted by atomic mass is 16.7. The van der Waals surface area contributed by atoms with Crippen molar-refractivity contribution in [1.82, 2.24) is 9.80 Å². The highest BCUT2D eigenvalue weighted by Gasteiger charge is 2.52. The van der Waals surface area contributed by atoms with E-state index in [0.717, 1.165) is 35.6 Å². The van der Waals surface area contributed by atoms with Crippen molar-refractivity contribution in [3.8, 4) is 11.5 Å². The van der Waals surface area contributed by atoms with E-state index in [1.54, 1.807) is 19.1 Å². The molecular weight excluding hydrogens is 435 g/mol. The van der Waals surface area contributed by atoms with E-state index in [-0.39, 0.29) is 12.1 Å². The molecule has 0 radical (unpaired) electrons. The van der Waals surface area contributed by atoms with E-state index < -0.39 is 23.9 Å². The number of rotatable bonds is 5. The van der Waals surface area contributed by atoms with E-state index in [4.69, 9.17) is 23.5 Å². The molecule has 2 aliphatic heterocycles. The van der Waals surface area contributed by atoms with Gasteiger partial charge in [0.25, 0.3) is 0 Å². The van der Waals surface area contributed by atoms with Crippen LogP contribution >= 0.6 is 0 Å². The molecule has 3 rings (SSSR count). The molecule has 2 saturated heterocycles. The Morgan fingerprint density at radius 3 is 2.03 bits per heavy atom. The number of benzene rings is 1. The zero-order valence-electron chi connectivity index (χ0n) is 22.5. The molecule has 0 aromatic heterocycles. The van der Waals surface area contributed by atoms with Gasteiger partial charge in [-0.15, -0.1) is 0 Å². The van der Waals surface area contributed by atoms with Gasteiger partial charge in [-0.05, 0) is 73.0 Å². The van der Waals surface area contributed by atoms with Crippen LogP contribution in [-0.2, 0) is 20.6 Å². The number of carbonyl (C=O) groups is 1. The molecule has 1 aromatic rings. The van der Waals surface area contributed by atoms with Gasteiger partial charge in [0, 0.05) is 32.2 Å². The average Bonchev–Trinajstić information content (AvgIpc) is 2.93. The fourth-order valence-corrected chi connectivity index (χ4v) is 4.27. The van der Waals surface area contributed by atoms with Crippen LogP contribution < -0.4 is 14.9 Å². The van der Waals surface area contributed by atoms with Crippen LogP contribution in [0.3, 0.4) is 0 Å². The third-order valence-corrected chi connectivity index (χ3v) is 6.88. The molecule has 0 bridgehead atoms. The summed E-state index contributed by atoms with van der Waals surface area (Å²) < 4.78 is 29.6. The molecular formula is C25H41BN2O6. The van der Waals surface area contributed by atoms with Crippen molar-refractivity contribution in [2.45, 2.75) is 84.8 Å².